The van der Waals surface area contributed by atoms with Crippen molar-refractivity contribution in [2.24, 2.45) is 9.03 Å². The fraction of sp³-hybridized carbons (Fsp3) is 0.127. The number of aromatic nitrogens is 4. The van der Waals surface area contributed by atoms with Crippen LogP contribution in [-0.4, -0.2) is 124 Å². The Kier molecular flexibility index (Phi) is 14.4. The summed E-state index contributed by atoms with van der Waals surface area (Å²) < 4.78 is 22.1. The molecule has 4 aromatic heterocycles. The molecule has 20 heterocycles. The third kappa shape index (κ3) is 9.29. The van der Waals surface area contributed by atoms with E-state index in [0.29, 0.717) is 41.0 Å². The maximum Gasteiger partial charge on any atom is 0.247 e. The summed E-state index contributed by atoms with van der Waals surface area (Å²) in [6.45, 7) is 30.5. The van der Waals surface area contributed by atoms with E-state index in [-0.39, 0.29) is 50.4 Å². The van der Waals surface area contributed by atoms with Crippen LogP contribution in [-0.2, 0) is 21.7 Å². The molecule has 16 aliphatic rings. The van der Waals surface area contributed by atoms with Crippen LogP contribution >= 0.6 is 27.7 Å². The number of hydrogen-bond acceptors (Lipinski definition) is 2. The second kappa shape index (κ2) is 25.1. The molecule has 0 aliphatic carbocycles. The van der Waals surface area contributed by atoms with Crippen LogP contribution in [0.2, 0.25) is 0 Å². The molecule has 0 unspecified atom stereocenters. The number of rotatable bonds is 4. The molecule has 2 radical (unpaired) electrons. The Morgan fingerprint density at radius 1 is 0.287 bits per heavy atom. The molecule has 16 aliphatic heterocycles. The van der Waals surface area contributed by atoms with Gasteiger partial charge in [0, 0.05) is 54.8 Å². The van der Waals surface area contributed by atoms with Crippen molar-refractivity contribution >= 4 is 297 Å². The van der Waals surface area contributed by atoms with Gasteiger partial charge in [0.05, 0.1) is 11.0 Å². The second-order valence-corrected chi connectivity index (χ2v) is 64.6. The summed E-state index contributed by atoms with van der Waals surface area (Å²) in [5, 5.41) is 14.7. The Morgan fingerprint density at radius 2 is 0.625 bits per heavy atom. The van der Waals surface area contributed by atoms with Crippen molar-refractivity contribution in [2.75, 3.05) is 0 Å². The predicted octanol–water partition coefficient (Wildman–Crippen LogP) is 13.1. The summed E-state index contributed by atoms with van der Waals surface area (Å²) in [7, 11) is 1.10. The van der Waals surface area contributed by atoms with Crippen LogP contribution in [0.1, 0.15) is 111 Å². The minimum Gasteiger partial charge on any atom is -0.310 e. The average Bonchev–Trinajstić information content (AvgIpc) is 1.42. The largest absolute Gasteiger partial charge is 0.310 e. The van der Waals surface area contributed by atoms with Crippen molar-refractivity contribution in [3.8, 4) is 22.7 Å². The number of aryl methyl sites for hydroxylation is 2. The summed E-state index contributed by atoms with van der Waals surface area (Å²) in [5.74, 6) is 0. The summed E-state index contributed by atoms with van der Waals surface area (Å²) in [5.41, 5.74) is 48.7. The van der Waals surface area contributed by atoms with E-state index in [9.17, 15) is 0 Å². The van der Waals surface area contributed by atoms with Crippen molar-refractivity contribution in [1.82, 2.24) is 18.3 Å². The Bertz CT molecular complexity index is 9300. The van der Waals surface area contributed by atoms with Gasteiger partial charge in [-0.3, -0.25) is 0 Å². The molecule has 0 saturated carbocycles. The third-order valence-electron chi connectivity index (χ3n) is 39.4. The summed E-state index contributed by atoms with van der Waals surface area (Å²) in [6, 6.07) is 121. The van der Waals surface area contributed by atoms with E-state index in [1.54, 1.807) is 16.0 Å². The van der Waals surface area contributed by atoms with Crippen LogP contribution in [0.5, 0.6) is 0 Å². The zero-order chi connectivity index (χ0) is 90.0. The molecule has 0 atom stereocenters. The van der Waals surface area contributed by atoms with Gasteiger partial charge in [-0.25, -0.2) is 0 Å². The predicted molar refractivity (Wildman–Crippen MR) is 618 cm³/mol. The van der Waals surface area contributed by atoms with Crippen molar-refractivity contribution in [1.29, 1.82) is 0 Å². The second-order valence-electron chi connectivity index (χ2n) is 47.4. The Morgan fingerprint density at radius 3 is 1.06 bits per heavy atom. The van der Waals surface area contributed by atoms with E-state index in [1.807, 2.05) is 0 Å². The Balaban J connectivity index is 0.0000000820. The van der Waals surface area contributed by atoms with Crippen molar-refractivity contribution in [3.05, 3.63) is 371 Å². The zero-order valence-corrected chi connectivity index (χ0v) is 83.0. The maximum absolute atomic E-state index is 5.93. The van der Waals surface area contributed by atoms with E-state index in [0.717, 1.165) is 37.3 Å². The molecule has 20 aromatic rings. The quantitative estimate of drug-likeness (QED) is 0.125. The van der Waals surface area contributed by atoms with Crippen LogP contribution in [0.3, 0.4) is 0 Å². The number of nitrogens with zero attached hydrogens (tertiary/aromatic N) is 6. The van der Waals surface area contributed by atoms with Gasteiger partial charge in [0.1, 0.15) is 0 Å². The molecule has 0 amide bonds. The number of fused-ring (bicyclic) bond motifs is 32. The van der Waals surface area contributed by atoms with Gasteiger partial charge in [-0.15, -0.1) is 0 Å². The van der Waals surface area contributed by atoms with Gasteiger partial charge < -0.3 is 9.13 Å². The van der Waals surface area contributed by atoms with Crippen molar-refractivity contribution < 1.29 is 0 Å². The van der Waals surface area contributed by atoms with Crippen LogP contribution in [0.15, 0.2) is 324 Å². The normalized spacial score (nSPS) is 19.6. The van der Waals surface area contributed by atoms with Crippen molar-refractivity contribution in [3.63, 3.8) is 0 Å². The number of hydrogen-bond donors (Lipinski definition) is 0. The van der Waals surface area contributed by atoms with E-state index >= 15 is 0 Å². The molecule has 8 fully saturated rings. The van der Waals surface area contributed by atoms with E-state index in [1.165, 1.54) is 226 Å². The molecule has 8 saturated heterocycles. The van der Waals surface area contributed by atoms with Gasteiger partial charge >= 0.3 is 455 Å². The molecular weight excluding hydrogens is 1700 g/mol. The molecule has 0 N–H and O–H groups in total. The molecule has 26 heteroatoms. The summed E-state index contributed by atoms with van der Waals surface area (Å²) in [4.78, 5) is 0. The molecule has 0 bridgehead atoms. The molecule has 16 aromatic carbocycles. The van der Waals surface area contributed by atoms with Gasteiger partial charge in [-0.05, 0) is 87.3 Å². The summed E-state index contributed by atoms with van der Waals surface area (Å²) >= 11 is 0. The van der Waals surface area contributed by atoms with E-state index in [2.05, 4.69) is 417 Å². The fourth-order valence-corrected chi connectivity index (χ4v) is 56.5. The maximum atomic E-state index is 5.93. The van der Waals surface area contributed by atoms with Crippen LogP contribution in [0, 0.1) is 13.8 Å². The van der Waals surface area contributed by atoms with Gasteiger partial charge in [0.25, 0.3) is 0 Å². The minimum absolute atomic E-state index is 0.0112. The molecule has 36 rings (SSSR count). The van der Waals surface area contributed by atoms with Gasteiger partial charge in [0.2, 0.25) is 13.4 Å². The SMILES string of the molecule is CC1(C)c2ccccc2B2c3c(cccc31)-n1c3ccc(P45(N=[P+]6B7[BH2-]B76)[B]B4[BH2-]5)cc3c3cccc2c31.CC1(C)c2ccccc2B2c3c(cccc31)-n1c3cccc(P45(N=[P+]6B7[BH2-]B76)[B]B4[BH2-]5)c3c3cccc2c31.Cc1ccc2c3cccc4c3n(c2c1)-c1cccc2c1B4c1ccccc1C2(C)C.Cc1cccc2c3cccc4c3n(c12)-c1cccc2c1B4c1ccccc1C2(C)C. The zero-order valence-electron chi connectivity index (χ0n) is 79.4. The van der Waals surface area contributed by atoms with Gasteiger partial charge in [-0.1, -0.05) is 178 Å². The first kappa shape index (κ1) is 77.8. The van der Waals surface area contributed by atoms with E-state index in [4.69, 9.17) is 9.03 Å². The van der Waals surface area contributed by atoms with Crippen LogP contribution < -0.4 is 76.2 Å². The van der Waals surface area contributed by atoms with Gasteiger partial charge in [-0.2, -0.15) is 0 Å². The molecule has 630 valence electrons. The first-order valence-corrected chi connectivity index (χ1v) is 59.8. The van der Waals surface area contributed by atoms with E-state index < -0.39 is 12.8 Å². The first-order valence-electron chi connectivity index (χ1n) is 51.4. The smallest absolute Gasteiger partial charge is 0.247 e. The minimum atomic E-state index is -1.99. The standard InChI is InChI=1S/2C28H22BN.2C27H23B7N2P2/c1-17-9-6-10-18-19-11-7-15-23-27(19)30(26(17)18)24-16-8-13-21-25(24)29(23)22-14-5-4-12-20(22)28(21,2)3;1-17-14-15-18-19-8-6-12-23-27(19)30(25(18)16-17)24-13-7-10-21-26(24)29(23)22-11-5-4-9-20(22)28(21,2)3;1-27(2)17-9-3-4-11-19(17)31-20-12-5-8-16-24-21(36(26(16)20)22-14-6-10-18(27)25(22)31)13-7-15-23(24)38(29-32(38)30-38)35-37-33-28-34(33)37;1-27(2)19-8-3-4-10-21(19)31-22-11-5-7-17-18-15-16(38(29-32(38)30-38)35-37-33-28-34(33)37)13-14-23(18)36(26(17)22)24-12-6-9-20(27)25(24)31/h2*4-16H,1-3H3;2*3-15H,28-29H2,1-2H3/q;;2*-1. The fourth-order valence-electron chi connectivity index (χ4n) is 31.3. The first-order chi connectivity index (χ1) is 66.2. The topological polar surface area (TPSA) is 44.4 Å². The van der Waals surface area contributed by atoms with Gasteiger partial charge in [0.15, 0.2) is 0 Å². The Labute approximate surface area is 802 Å². The molecule has 6 nitrogen and oxygen atoms in total. The van der Waals surface area contributed by atoms with Crippen LogP contribution in [0.4, 0.5) is 0 Å². The number of para-hydroxylation sites is 5. The average molecular weight is 1790 g/mol. The van der Waals surface area contributed by atoms with Crippen LogP contribution in [0.25, 0.3) is 110 Å². The Hall–Kier alpha value is -11.2. The molecular formula is C110H90B16N6P4-2. The molecule has 0 spiro atoms. The van der Waals surface area contributed by atoms with Crippen molar-refractivity contribution in [2.45, 2.75) is 90.9 Å². The summed E-state index contributed by atoms with van der Waals surface area (Å²) in [6.07, 6.45) is 2.66. The molecule has 136 heavy (non-hydrogen) atoms. The number of benzene rings is 16. The third-order valence-corrected chi connectivity index (χ3v) is 62.0. The monoisotopic (exact) mass is 1790 g/mol.